The average molecular weight is 337 g/mol. The van der Waals surface area contributed by atoms with Gasteiger partial charge in [-0.05, 0) is 17.7 Å². The number of methoxy groups -OCH3 is 3. The third-order valence-electron chi connectivity index (χ3n) is 5.28. The van der Waals surface area contributed by atoms with Crippen molar-refractivity contribution in [2.24, 2.45) is 5.41 Å². The van der Waals surface area contributed by atoms with Gasteiger partial charge in [-0.15, -0.1) is 0 Å². The van der Waals surface area contributed by atoms with Gasteiger partial charge in [0, 0.05) is 24.4 Å². The van der Waals surface area contributed by atoms with Gasteiger partial charge in [0.05, 0.1) is 34.5 Å². The standard InChI is InChI=1S/C18H27NO5/c1-17(2)16(19-7-6-18(17)23-8-9-24-18)12-10-13(20-3)15(22-5)14(11-12)21-4/h10-11,16,19H,6-9H2,1-5H3/t16-/m1/s1. The van der Waals surface area contributed by atoms with E-state index in [1.54, 1.807) is 21.3 Å². The van der Waals surface area contributed by atoms with Crippen LogP contribution in [0.3, 0.4) is 0 Å². The van der Waals surface area contributed by atoms with Gasteiger partial charge in [-0.3, -0.25) is 0 Å². The largest absolute Gasteiger partial charge is 0.493 e. The topological polar surface area (TPSA) is 58.2 Å². The monoisotopic (exact) mass is 337 g/mol. The summed E-state index contributed by atoms with van der Waals surface area (Å²) in [6.07, 6.45) is 0.834. The van der Waals surface area contributed by atoms with Crippen molar-refractivity contribution in [2.45, 2.75) is 32.1 Å². The molecule has 0 aromatic heterocycles. The quantitative estimate of drug-likeness (QED) is 0.911. The van der Waals surface area contributed by atoms with Crippen LogP contribution in [0.2, 0.25) is 0 Å². The molecule has 2 aliphatic heterocycles. The van der Waals surface area contributed by atoms with Crippen LogP contribution >= 0.6 is 0 Å². The first-order valence-electron chi connectivity index (χ1n) is 8.30. The highest BCUT2D eigenvalue weighted by molar-refractivity contribution is 5.54. The molecule has 0 bridgehead atoms. The molecule has 0 aliphatic carbocycles. The van der Waals surface area contributed by atoms with Crippen LogP contribution in [0.5, 0.6) is 17.2 Å². The first kappa shape index (κ1) is 17.3. The second kappa shape index (κ2) is 6.43. The number of hydrogen-bond acceptors (Lipinski definition) is 6. The molecule has 3 rings (SSSR count). The van der Waals surface area contributed by atoms with E-state index in [1.807, 2.05) is 12.1 Å². The molecule has 6 nitrogen and oxygen atoms in total. The van der Waals surface area contributed by atoms with E-state index in [2.05, 4.69) is 19.2 Å². The summed E-state index contributed by atoms with van der Waals surface area (Å²) in [5.41, 5.74) is 0.805. The van der Waals surface area contributed by atoms with Crippen molar-refractivity contribution >= 4 is 0 Å². The third kappa shape index (κ3) is 2.53. The van der Waals surface area contributed by atoms with Crippen LogP contribution in [0.25, 0.3) is 0 Å². The lowest BCUT2D eigenvalue weighted by atomic mass is 9.70. The van der Waals surface area contributed by atoms with Crippen LogP contribution in [0.1, 0.15) is 31.9 Å². The fraction of sp³-hybridized carbons (Fsp3) is 0.667. The van der Waals surface area contributed by atoms with Gasteiger partial charge in [0.1, 0.15) is 0 Å². The Balaban J connectivity index is 2.04. The fourth-order valence-corrected chi connectivity index (χ4v) is 3.95. The maximum atomic E-state index is 6.06. The lowest BCUT2D eigenvalue weighted by molar-refractivity contribution is -0.252. The van der Waals surface area contributed by atoms with Crippen molar-refractivity contribution < 1.29 is 23.7 Å². The number of rotatable bonds is 4. The van der Waals surface area contributed by atoms with Gasteiger partial charge in [-0.1, -0.05) is 13.8 Å². The summed E-state index contributed by atoms with van der Waals surface area (Å²) in [7, 11) is 4.87. The summed E-state index contributed by atoms with van der Waals surface area (Å²) >= 11 is 0. The summed E-state index contributed by atoms with van der Waals surface area (Å²) in [4.78, 5) is 0. The predicted octanol–water partition coefficient (Wildman–Crippen LogP) is 2.52. The first-order valence-corrected chi connectivity index (χ1v) is 8.30. The zero-order chi connectivity index (χ0) is 17.4. The van der Waals surface area contributed by atoms with Crippen LogP contribution in [0.4, 0.5) is 0 Å². The van der Waals surface area contributed by atoms with E-state index in [0.717, 1.165) is 18.5 Å². The first-order chi connectivity index (χ1) is 11.5. The van der Waals surface area contributed by atoms with Crippen LogP contribution < -0.4 is 19.5 Å². The Morgan fingerprint density at radius 3 is 2.08 bits per heavy atom. The minimum atomic E-state index is -0.552. The van der Waals surface area contributed by atoms with E-state index in [-0.39, 0.29) is 11.5 Å². The molecule has 1 aromatic carbocycles. The van der Waals surface area contributed by atoms with Gasteiger partial charge in [-0.25, -0.2) is 0 Å². The fourth-order valence-electron chi connectivity index (χ4n) is 3.95. The van der Waals surface area contributed by atoms with Crippen LogP contribution in [-0.2, 0) is 9.47 Å². The van der Waals surface area contributed by atoms with Crippen LogP contribution in [0.15, 0.2) is 12.1 Å². The highest BCUT2D eigenvalue weighted by Crippen LogP contribution is 2.52. The second-order valence-corrected chi connectivity index (χ2v) is 6.77. The van der Waals surface area contributed by atoms with E-state index in [9.17, 15) is 0 Å². The molecule has 1 atom stereocenters. The molecular formula is C18H27NO5. The van der Waals surface area contributed by atoms with Gasteiger partial charge in [0.25, 0.3) is 0 Å². The zero-order valence-corrected chi connectivity index (χ0v) is 15.1. The molecule has 1 aromatic rings. The molecule has 2 saturated heterocycles. The SMILES string of the molecule is COc1cc([C@H]2NCCC3(OCCO3)C2(C)C)cc(OC)c1OC. The maximum Gasteiger partial charge on any atom is 0.203 e. The average Bonchev–Trinajstić information content (AvgIpc) is 3.06. The van der Waals surface area contributed by atoms with E-state index in [0.29, 0.717) is 30.5 Å². The van der Waals surface area contributed by atoms with Gasteiger partial charge in [-0.2, -0.15) is 0 Å². The molecule has 0 radical (unpaired) electrons. The molecule has 0 unspecified atom stereocenters. The normalized spacial score (nSPS) is 24.8. The Kier molecular flexibility index (Phi) is 4.64. The smallest absolute Gasteiger partial charge is 0.203 e. The van der Waals surface area contributed by atoms with Crippen molar-refractivity contribution in [3.63, 3.8) is 0 Å². The minimum Gasteiger partial charge on any atom is -0.493 e. The molecule has 2 heterocycles. The van der Waals surface area contributed by atoms with E-state index < -0.39 is 5.79 Å². The minimum absolute atomic E-state index is 0.0399. The molecule has 1 N–H and O–H groups in total. The number of hydrogen-bond donors (Lipinski definition) is 1. The van der Waals surface area contributed by atoms with Crippen molar-refractivity contribution in [1.29, 1.82) is 0 Å². The summed E-state index contributed by atoms with van der Waals surface area (Å²) in [6, 6.07) is 4.03. The summed E-state index contributed by atoms with van der Waals surface area (Å²) < 4.78 is 28.5. The summed E-state index contributed by atoms with van der Waals surface area (Å²) in [6.45, 7) is 6.47. The van der Waals surface area contributed by atoms with Crippen LogP contribution in [0, 0.1) is 5.41 Å². The van der Waals surface area contributed by atoms with Crippen molar-refractivity contribution in [2.75, 3.05) is 41.1 Å². The number of nitrogens with one attached hydrogen (secondary N) is 1. The molecular weight excluding hydrogens is 310 g/mol. The van der Waals surface area contributed by atoms with Gasteiger partial charge < -0.3 is 29.0 Å². The van der Waals surface area contributed by atoms with Crippen molar-refractivity contribution in [1.82, 2.24) is 5.32 Å². The molecule has 0 saturated carbocycles. The lowest BCUT2D eigenvalue weighted by Gasteiger charge is -2.51. The molecule has 24 heavy (non-hydrogen) atoms. The predicted molar refractivity (Wildman–Crippen MR) is 89.9 cm³/mol. The molecule has 2 aliphatic rings. The molecule has 1 spiro atoms. The number of piperidine rings is 1. The Bertz CT molecular complexity index is 570. The van der Waals surface area contributed by atoms with E-state index >= 15 is 0 Å². The lowest BCUT2D eigenvalue weighted by Crippen LogP contribution is -2.58. The van der Waals surface area contributed by atoms with Crippen molar-refractivity contribution in [3.05, 3.63) is 17.7 Å². The van der Waals surface area contributed by atoms with Crippen LogP contribution in [-0.4, -0.2) is 46.9 Å². The van der Waals surface area contributed by atoms with Gasteiger partial charge in [0.15, 0.2) is 17.3 Å². The Hall–Kier alpha value is -1.50. The molecule has 134 valence electrons. The van der Waals surface area contributed by atoms with E-state index in [1.165, 1.54) is 0 Å². The maximum absolute atomic E-state index is 6.06. The number of benzene rings is 1. The highest BCUT2D eigenvalue weighted by Gasteiger charge is 2.56. The third-order valence-corrected chi connectivity index (χ3v) is 5.28. The second-order valence-electron chi connectivity index (χ2n) is 6.77. The van der Waals surface area contributed by atoms with Gasteiger partial charge >= 0.3 is 0 Å². The molecule has 2 fully saturated rings. The Morgan fingerprint density at radius 2 is 1.58 bits per heavy atom. The Morgan fingerprint density at radius 1 is 1.00 bits per heavy atom. The number of ether oxygens (including phenoxy) is 5. The van der Waals surface area contributed by atoms with Gasteiger partial charge in [0.2, 0.25) is 5.75 Å². The van der Waals surface area contributed by atoms with Crippen molar-refractivity contribution in [3.8, 4) is 17.2 Å². The highest BCUT2D eigenvalue weighted by atomic mass is 16.7. The summed E-state index contributed by atoms with van der Waals surface area (Å²) in [5, 5.41) is 3.61. The zero-order valence-electron chi connectivity index (χ0n) is 15.1. The molecule has 6 heteroatoms. The summed E-state index contributed by atoms with van der Waals surface area (Å²) in [5.74, 6) is 1.35. The molecule has 0 amide bonds. The van der Waals surface area contributed by atoms with E-state index in [4.69, 9.17) is 23.7 Å². The Labute approximate surface area is 143 Å².